The van der Waals surface area contributed by atoms with Crippen molar-refractivity contribution in [3.05, 3.63) is 29.8 Å². The van der Waals surface area contributed by atoms with Crippen molar-refractivity contribution < 1.29 is 13.2 Å². The second-order valence-corrected chi connectivity index (χ2v) is 7.21. The Morgan fingerprint density at radius 3 is 2.29 bits per heavy atom. The van der Waals surface area contributed by atoms with Gasteiger partial charge in [-0.25, -0.2) is 13.6 Å². The van der Waals surface area contributed by atoms with Crippen molar-refractivity contribution in [3.63, 3.8) is 0 Å². The van der Waals surface area contributed by atoms with Gasteiger partial charge in [0.1, 0.15) is 0 Å². The maximum absolute atomic E-state index is 12.3. The van der Waals surface area contributed by atoms with E-state index < -0.39 is 15.4 Å². The van der Waals surface area contributed by atoms with Gasteiger partial charge in [-0.3, -0.25) is 4.79 Å². The number of sulfonamides is 1. The lowest BCUT2D eigenvalue weighted by molar-refractivity contribution is -0.135. The van der Waals surface area contributed by atoms with Crippen LogP contribution in [0.2, 0.25) is 0 Å². The second kappa shape index (κ2) is 5.75. The highest BCUT2D eigenvalue weighted by Gasteiger charge is 2.43. The molecule has 1 aliphatic carbocycles. The number of primary sulfonamides is 1. The molecule has 1 aromatic carbocycles. The molecule has 5 N–H and O–H groups in total. The molecule has 0 heterocycles. The Labute approximate surface area is 124 Å². The van der Waals surface area contributed by atoms with Crippen LogP contribution in [-0.4, -0.2) is 20.9 Å². The Balaban J connectivity index is 2.07. The average Bonchev–Trinajstić information content (AvgIpc) is 2.37. The molecule has 0 saturated heterocycles. The standard InChI is InChI=1S/C14H21N3O3S/c1-10(17-13(18)14(9-15)7-2-8-14)11-3-5-12(6-4-11)21(16,19)20/h3-6,10H,2,7-9,15H2,1H3,(H,17,18)(H2,16,19,20). The van der Waals surface area contributed by atoms with Gasteiger partial charge in [0.2, 0.25) is 15.9 Å². The third-order valence-electron chi connectivity index (χ3n) is 4.24. The van der Waals surface area contributed by atoms with Crippen LogP contribution in [0.3, 0.4) is 0 Å². The van der Waals surface area contributed by atoms with Crippen molar-refractivity contribution in [1.82, 2.24) is 5.32 Å². The quantitative estimate of drug-likeness (QED) is 0.740. The Bertz CT molecular complexity index is 616. The molecule has 0 aromatic heterocycles. The van der Waals surface area contributed by atoms with E-state index in [4.69, 9.17) is 10.9 Å². The molecule has 2 rings (SSSR count). The van der Waals surface area contributed by atoms with Crippen LogP contribution in [0.15, 0.2) is 29.2 Å². The first-order valence-corrected chi connectivity index (χ1v) is 8.47. The molecule has 6 nitrogen and oxygen atoms in total. The molecule has 1 aromatic rings. The van der Waals surface area contributed by atoms with Crippen molar-refractivity contribution >= 4 is 15.9 Å². The van der Waals surface area contributed by atoms with Crippen LogP contribution in [0.25, 0.3) is 0 Å². The van der Waals surface area contributed by atoms with Crippen LogP contribution >= 0.6 is 0 Å². The van der Waals surface area contributed by atoms with E-state index in [1.165, 1.54) is 12.1 Å². The van der Waals surface area contributed by atoms with Crippen LogP contribution < -0.4 is 16.2 Å². The smallest absolute Gasteiger partial charge is 0.238 e. The van der Waals surface area contributed by atoms with E-state index in [0.717, 1.165) is 24.8 Å². The van der Waals surface area contributed by atoms with Gasteiger partial charge in [-0.15, -0.1) is 0 Å². The van der Waals surface area contributed by atoms with Gasteiger partial charge in [-0.05, 0) is 37.5 Å². The summed E-state index contributed by atoms with van der Waals surface area (Å²) in [6.07, 6.45) is 2.68. The van der Waals surface area contributed by atoms with Crippen LogP contribution in [0.1, 0.15) is 37.8 Å². The van der Waals surface area contributed by atoms with E-state index in [1.54, 1.807) is 12.1 Å². The molecule has 0 bridgehead atoms. The summed E-state index contributed by atoms with van der Waals surface area (Å²) in [5, 5.41) is 8.00. The molecule has 21 heavy (non-hydrogen) atoms. The molecule has 1 unspecified atom stereocenters. The number of carbonyl (C=O) groups excluding carboxylic acids is 1. The lowest BCUT2D eigenvalue weighted by atomic mass is 9.68. The van der Waals surface area contributed by atoms with Gasteiger partial charge in [0.15, 0.2) is 0 Å². The van der Waals surface area contributed by atoms with Gasteiger partial charge >= 0.3 is 0 Å². The zero-order valence-corrected chi connectivity index (χ0v) is 12.8. The molecule has 1 atom stereocenters. The number of hydrogen-bond acceptors (Lipinski definition) is 4. The largest absolute Gasteiger partial charge is 0.349 e. The summed E-state index contributed by atoms with van der Waals surface area (Å²) in [6, 6.07) is 5.97. The zero-order valence-electron chi connectivity index (χ0n) is 12.0. The molecule has 1 fully saturated rings. The normalized spacial score (nSPS) is 18.6. The summed E-state index contributed by atoms with van der Waals surface area (Å²) < 4.78 is 22.4. The van der Waals surface area contributed by atoms with Gasteiger partial charge in [-0.2, -0.15) is 0 Å². The monoisotopic (exact) mass is 311 g/mol. The summed E-state index contributed by atoms with van der Waals surface area (Å²) in [5.41, 5.74) is 6.11. The summed E-state index contributed by atoms with van der Waals surface area (Å²) in [6.45, 7) is 2.21. The summed E-state index contributed by atoms with van der Waals surface area (Å²) in [7, 11) is -3.69. The Hall–Kier alpha value is -1.44. The SMILES string of the molecule is CC(NC(=O)C1(CN)CCC1)c1ccc(S(N)(=O)=O)cc1. The number of benzene rings is 1. The summed E-state index contributed by atoms with van der Waals surface area (Å²) >= 11 is 0. The number of amides is 1. The first-order valence-electron chi connectivity index (χ1n) is 6.92. The molecule has 1 saturated carbocycles. The number of nitrogens with one attached hydrogen (secondary N) is 1. The van der Waals surface area contributed by atoms with Crippen molar-refractivity contribution in [1.29, 1.82) is 0 Å². The van der Waals surface area contributed by atoms with Crippen molar-refractivity contribution in [2.24, 2.45) is 16.3 Å². The van der Waals surface area contributed by atoms with Gasteiger partial charge in [0.05, 0.1) is 16.4 Å². The molecular formula is C14H21N3O3S. The van der Waals surface area contributed by atoms with Crippen molar-refractivity contribution in [3.8, 4) is 0 Å². The number of rotatable bonds is 5. The first-order chi connectivity index (χ1) is 9.78. The van der Waals surface area contributed by atoms with Crippen LogP contribution in [-0.2, 0) is 14.8 Å². The highest BCUT2D eigenvalue weighted by Crippen LogP contribution is 2.40. The Morgan fingerprint density at radius 2 is 1.90 bits per heavy atom. The number of carbonyl (C=O) groups is 1. The molecule has 1 amide bonds. The fourth-order valence-electron chi connectivity index (χ4n) is 2.51. The lowest BCUT2D eigenvalue weighted by Gasteiger charge is -2.39. The molecule has 0 spiro atoms. The first kappa shape index (κ1) is 15.9. The van der Waals surface area contributed by atoms with E-state index in [2.05, 4.69) is 5.32 Å². The third-order valence-corrected chi connectivity index (χ3v) is 5.17. The van der Waals surface area contributed by atoms with E-state index in [0.29, 0.717) is 6.54 Å². The number of hydrogen-bond donors (Lipinski definition) is 3. The highest BCUT2D eigenvalue weighted by molar-refractivity contribution is 7.89. The minimum absolute atomic E-state index is 0.0285. The molecule has 1 aliphatic rings. The van der Waals surface area contributed by atoms with Crippen LogP contribution in [0, 0.1) is 5.41 Å². The van der Waals surface area contributed by atoms with Crippen molar-refractivity contribution in [2.45, 2.75) is 37.1 Å². The van der Waals surface area contributed by atoms with Gasteiger partial charge < -0.3 is 11.1 Å². The Morgan fingerprint density at radius 1 is 1.33 bits per heavy atom. The highest BCUT2D eigenvalue weighted by atomic mass is 32.2. The zero-order chi connectivity index (χ0) is 15.7. The number of nitrogens with two attached hydrogens (primary N) is 2. The molecular weight excluding hydrogens is 290 g/mol. The van der Waals surface area contributed by atoms with E-state index in [1.807, 2.05) is 6.92 Å². The van der Waals surface area contributed by atoms with Crippen molar-refractivity contribution in [2.75, 3.05) is 6.54 Å². The average molecular weight is 311 g/mol. The topological polar surface area (TPSA) is 115 Å². The predicted octanol–water partition coefficient (Wildman–Crippen LogP) is 0.640. The maximum atomic E-state index is 12.3. The minimum atomic E-state index is -3.69. The van der Waals surface area contributed by atoms with Gasteiger partial charge in [0, 0.05) is 6.54 Å². The summed E-state index contributed by atoms with van der Waals surface area (Å²) in [4.78, 5) is 12.3. The molecule has 0 radical (unpaired) electrons. The molecule has 0 aliphatic heterocycles. The fourth-order valence-corrected chi connectivity index (χ4v) is 3.02. The van der Waals surface area contributed by atoms with Gasteiger partial charge in [-0.1, -0.05) is 18.6 Å². The van der Waals surface area contributed by atoms with Crippen LogP contribution in [0.5, 0.6) is 0 Å². The fraction of sp³-hybridized carbons (Fsp3) is 0.500. The summed E-state index contributed by atoms with van der Waals surface area (Å²) in [5.74, 6) is -0.0285. The third kappa shape index (κ3) is 3.25. The lowest BCUT2D eigenvalue weighted by Crippen LogP contribution is -2.50. The van der Waals surface area contributed by atoms with E-state index >= 15 is 0 Å². The Kier molecular flexibility index (Phi) is 4.36. The molecule has 7 heteroatoms. The predicted molar refractivity (Wildman–Crippen MR) is 79.7 cm³/mol. The van der Waals surface area contributed by atoms with E-state index in [-0.39, 0.29) is 16.8 Å². The second-order valence-electron chi connectivity index (χ2n) is 5.65. The minimum Gasteiger partial charge on any atom is -0.349 e. The van der Waals surface area contributed by atoms with E-state index in [9.17, 15) is 13.2 Å². The van der Waals surface area contributed by atoms with Gasteiger partial charge in [0.25, 0.3) is 0 Å². The maximum Gasteiger partial charge on any atom is 0.238 e. The van der Waals surface area contributed by atoms with Crippen LogP contribution in [0.4, 0.5) is 0 Å². The molecule has 116 valence electrons.